The van der Waals surface area contributed by atoms with Crippen molar-refractivity contribution in [2.75, 3.05) is 6.61 Å². The number of nitriles is 1. The summed E-state index contributed by atoms with van der Waals surface area (Å²) in [7, 11) is 0. The molecule has 2 aliphatic rings. The first-order chi connectivity index (χ1) is 7.21. The van der Waals surface area contributed by atoms with Gasteiger partial charge in [0.05, 0.1) is 12.7 Å². The summed E-state index contributed by atoms with van der Waals surface area (Å²) >= 11 is 0. The number of Topliss-reactive ketones (excluding diaryl/α,β-unsaturated/α-hetero) is 1. The number of hydrogen-bond acceptors (Lipinski definition) is 4. The summed E-state index contributed by atoms with van der Waals surface area (Å²) in [6.45, 7) is 0.347. The number of cyclic esters (lactones) is 1. The molecule has 2 atom stereocenters. The molecule has 0 N–H and O–H groups in total. The highest BCUT2D eigenvalue weighted by atomic mass is 16.5. The minimum Gasteiger partial charge on any atom is -0.465 e. The Morgan fingerprint density at radius 3 is 2.93 bits per heavy atom. The van der Waals surface area contributed by atoms with Crippen molar-refractivity contribution in [1.29, 1.82) is 5.26 Å². The molecule has 1 aliphatic heterocycles. The summed E-state index contributed by atoms with van der Waals surface area (Å²) in [6.07, 6.45) is 2.69. The first-order valence-corrected chi connectivity index (χ1v) is 5.29. The third-order valence-electron chi connectivity index (χ3n) is 3.57. The van der Waals surface area contributed by atoms with Crippen LogP contribution in [0.3, 0.4) is 0 Å². The number of rotatable bonds is 1. The van der Waals surface area contributed by atoms with Gasteiger partial charge in [-0.15, -0.1) is 0 Å². The van der Waals surface area contributed by atoms with Crippen molar-refractivity contribution in [2.24, 2.45) is 11.3 Å². The van der Waals surface area contributed by atoms with Crippen LogP contribution in [-0.4, -0.2) is 18.4 Å². The zero-order chi connectivity index (χ0) is 10.9. The van der Waals surface area contributed by atoms with E-state index < -0.39 is 11.4 Å². The lowest BCUT2D eigenvalue weighted by Gasteiger charge is -2.36. The fraction of sp³-hybridized carbons (Fsp3) is 0.727. The van der Waals surface area contributed by atoms with E-state index in [0.717, 1.165) is 6.42 Å². The van der Waals surface area contributed by atoms with Crippen LogP contribution >= 0.6 is 0 Å². The summed E-state index contributed by atoms with van der Waals surface area (Å²) in [4.78, 5) is 23.6. The molecular weight excluding hydrogens is 194 g/mol. The van der Waals surface area contributed by atoms with Gasteiger partial charge in [-0.25, -0.2) is 0 Å². The third-order valence-corrected chi connectivity index (χ3v) is 3.57. The van der Waals surface area contributed by atoms with Crippen molar-refractivity contribution in [1.82, 2.24) is 0 Å². The summed E-state index contributed by atoms with van der Waals surface area (Å²) in [5, 5.41) is 8.72. The molecular formula is C11H13NO3. The Hall–Kier alpha value is -1.37. The normalized spacial score (nSPS) is 35.3. The van der Waals surface area contributed by atoms with E-state index in [2.05, 4.69) is 6.07 Å². The highest BCUT2D eigenvalue weighted by molar-refractivity contribution is 6.05. The molecule has 1 saturated heterocycles. The predicted molar refractivity (Wildman–Crippen MR) is 50.6 cm³/mol. The molecule has 2 fully saturated rings. The smallest absolute Gasteiger partial charge is 0.319 e. The van der Waals surface area contributed by atoms with E-state index in [4.69, 9.17) is 10.00 Å². The van der Waals surface area contributed by atoms with Crippen LogP contribution in [0.1, 0.15) is 32.1 Å². The summed E-state index contributed by atoms with van der Waals surface area (Å²) < 4.78 is 4.99. The van der Waals surface area contributed by atoms with Crippen molar-refractivity contribution in [3.8, 4) is 6.07 Å². The SMILES string of the molecule is N#CC[C@@H]1CCOC(=O)[C@]12CCCC2=O. The molecule has 15 heavy (non-hydrogen) atoms. The lowest BCUT2D eigenvalue weighted by molar-refractivity contribution is -0.170. The number of hydrogen-bond donors (Lipinski definition) is 0. The van der Waals surface area contributed by atoms with Gasteiger partial charge in [0.2, 0.25) is 0 Å². The van der Waals surface area contributed by atoms with E-state index in [0.29, 0.717) is 25.9 Å². The van der Waals surface area contributed by atoms with Gasteiger partial charge in [-0.1, -0.05) is 0 Å². The van der Waals surface area contributed by atoms with Crippen LogP contribution in [0, 0.1) is 22.7 Å². The summed E-state index contributed by atoms with van der Waals surface area (Å²) in [6, 6.07) is 2.07. The van der Waals surface area contributed by atoms with Gasteiger partial charge in [0, 0.05) is 12.8 Å². The Kier molecular flexibility index (Phi) is 2.47. The van der Waals surface area contributed by atoms with Gasteiger partial charge in [-0.2, -0.15) is 5.26 Å². The van der Waals surface area contributed by atoms with Crippen LogP contribution in [0.2, 0.25) is 0 Å². The van der Waals surface area contributed by atoms with Crippen LogP contribution in [0.25, 0.3) is 0 Å². The number of ether oxygens (including phenoxy) is 1. The highest BCUT2D eigenvalue weighted by Gasteiger charge is 2.56. The zero-order valence-corrected chi connectivity index (χ0v) is 8.49. The van der Waals surface area contributed by atoms with E-state index in [1.165, 1.54) is 0 Å². The average Bonchev–Trinajstić information content (AvgIpc) is 2.58. The number of carbonyl (C=O) groups is 2. The zero-order valence-electron chi connectivity index (χ0n) is 8.49. The first kappa shape index (κ1) is 10.2. The second-order valence-corrected chi connectivity index (χ2v) is 4.23. The molecule has 0 aromatic rings. The number of esters is 1. The van der Waals surface area contributed by atoms with Crippen molar-refractivity contribution >= 4 is 11.8 Å². The van der Waals surface area contributed by atoms with Gasteiger partial charge >= 0.3 is 5.97 Å². The minimum absolute atomic E-state index is 0.0209. The Labute approximate surface area is 88.2 Å². The first-order valence-electron chi connectivity index (χ1n) is 5.29. The predicted octanol–water partition coefficient (Wildman–Crippen LogP) is 1.20. The quantitative estimate of drug-likeness (QED) is 0.478. The molecule has 0 amide bonds. The summed E-state index contributed by atoms with van der Waals surface area (Å²) in [5.74, 6) is -0.539. The Morgan fingerprint density at radius 2 is 2.33 bits per heavy atom. The standard InChI is InChI=1S/C11H13NO3/c12-6-3-8-4-7-15-10(14)11(8)5-1-2-9(11)13/h8H,1-5,7H2/t8-,11-/m1/s1. The molecule has 1 spiro atoms. The fourth-order valence-corrected chi connectivity index (χ4v) is 2.76. The highest BCUT2D eigenvalue weighted by Crippen LogP contribution is 2.47. The molecule has 80 valence electrons. The van der Waals surface area contributed by atoms with Gasteiger partial charge < -0.3 is 4.74 Å². The fourth-order valence-electron chi connectivity index (χ4n) is 2.76. The van der Waals surface area contributed by atoms with Crippen molar-refractivity contribution in [3.63, 3.8) is 0 Å². The largest absolute Gasteiger partial charge is 0.465 e. The lowest BCUT2D eigenvalue weighted by atomic mass is 9.69. The molecule has 0 aromatic carbocycles. The van der Waals surface area contributed by atoms with Crippen LogP contribution < -0.4 is 0 Å². The lowest BCUT2D eigenvalue weighted by Crippen LogP contribution is -2.47. The van der Waals surface area contributed by atoms with Gasteiger partial charge in [0.25, 0.3) is 0 Å². The monoisotopic (exact) mass is 207 g/mol. The van der Waals surface area contributed by atoms with E-state index in [1.54, 1.807) is 0 Å². The maximum atomic E-state index is 11.8. The topological polar surface area (TPSA) is 67.2 Å². The minimum atomic E-state index is -0.964. The van der Waals surface area contributed by atoms with Gasteiger partial charge in [0.15, 0.2) is 5.78 Å². The van der Waals surface area contributed by atoms with Crippen LogP contribution in [0.4, 0.5) is 0 Å². The average molecular weight is 207 g/mol. The van der Waals surface area contributed by atoms with Gasteiger partial charge in [-0.05, 0) is 25.2 Å². The molecule has 0 bridgehead atoms. The molecule has 4 heteroatoms. The number of ketones is 1. The maximum absolute atomic E-state index is 11.8. The molecule has 2 rings (SSSR count). The molecule has 0 radical (unpaired) electrons. The van der Waals surface area contributed by atoms with Crippen molar-refractivity contribution < 1.29 is 14.3 Å². The van der Waals surface area contributed by atoms with Crippen molar-refractivity contribution in [3.05, 3.63) is 0 Å². The number of nitrogens with zero attached hydrogens (tertiary/aromatic N) is 1. The Bertz CT molecular complexity index is 344. The van der Waals surface area contributed by atoms with Crippen LogP contribution in [0.5, 0.6) is 0 Å². The molecule has 0 unspecified atom stereocenters. The molecule has 1 aliphatic carbocycles. The van der Waals surface area contributed by atoms with E-state index in [1.807, 2.05) is 0 Å². The van der Waals surface area contributed by atoms with E-state index in [9.17, 15) is 9.59 Å². The molecule has 0 aromatic heterocycles. The second kappa shape index (κ2) is 3.65. The molecule has 4 nitrogen and oxygen atoms in total. The van der Waals surface area contributed by atoms with Gasteiger partial charge in [0.1, 0.15) is 5.41 Å². The van der Waals surface area contributed by atoms with Crippen LogP contribution in [-0.2, 0) is 14.3 Å². The van der Waals surface area contributed by atoms with E-state index in [-0.39, 0.29) is 18.1 Å². The Morgan fingerprint density at radius 1 is 1.53 bits per heavy atom. The Balaban J connectivity index is 2.33. The maximum Gasteiger partial charge on any atom is 0.319 e. The molecule has 1 saturated carbocycles. The summed E-state index contributed by atoms with van der Waals surface area (Å²) in [5.41, 5.74) is -0.964. The van der Waals surface area contributed by atoms with E-state index >= 15 is 0 Å². The van der Waals surface area contributed by atoms with Gasteiger partial charge in [-0.3, -0.25) is 9.59 Å². The third kappa shape index (κ3) is 1.34. The second-order valence-electron chi connectivity index (χ2n) is 4.23. The van der Waals surface area contributed by atoms with Crippen LogP contribution in [0.15, 0.2) is 0 Å². The molecule has 1 heterocycles. The van der Waals surface area contributed by atoms with Crippen molar-refractivity contribution in [2.45, 2.75) is 32.1 Å². The number of carbonyl (C=O) groups excluding carboxylic acids is 2.